The number of alkyl halides is 2. The van der Waals surface area contributed by atoms with Crippen molar-refractivity contribution in [1.82, 2.24) is 4.57 Å². The van der Waals surface area contributed by atoms with Gasteiger partial charge in [-0.25, -0.2) is 13.8 Å². The van der Waals surface area contributed by atoms with Gasteiger partial charge in [-0.2, -0.15) is 5.10 Å². The molecule has 0 spiro atoms. The van der Waals surface area contributed by atoms with Gasteiger partial charge in [0.2, 0.25) is 12.3 Å². The Labute approximate surface area is 214 Å². The molecular weight excluding hydrogens is 474 g/mol. The number of hydrogen-bond acceptors (Lipinski definition) is 3. The van der Waals surface area contributed by atoms with Gasteiger partial charge < -0.3 is 9.88 Å². The molecule has 4 rings (SSSR count). The molecule has 37 heavy (non-hydrogen) atoms. The van der Waals surface area contributed by atoms with Crippen molar-refractivity contribution in [2.24, 2.45) is 11.0 Å². The number of anilines is 2. The smallest absolute Gasteiger partial charge is 0.273 e. The van der Waals surface area contributed by atoms with Crippen molar-refractivity contribution < 1.29 is 18.4 Å². The van der Waals surface area contributed by atoms with E-state index in [2.05, 4.69) is 10.4 Å². The molecule has 0 radical (unpaired) electrons. The molecule has 3 aromatic carbocycles. The van der Waals surface area contributed by atoms with Crippen LogP contribution in [0.5, 0.6) is 0 Å². The number of para-hydroxylation sites is 1. The van der Waals surface area contributed by atoms with Gasteiger partial charge in [0.25, 0.3) is 5.92 Å². The van der Waals surface area contributed by atoms with Crippen LogP contribution in [0.1, 0.15) is 32.8 Å². The molecule has 190 valence electrons. The summed E-state index contributed by atoms with van der Waals surface area (Å²) >= 11 is 0. The first-order chi connectivity index (χ1) is 17.7. The third-order valence-corrected chi connectivity index (χ3v) is 6.36. The molecule has 1 atom stereocenters. The summed E-state index contributed by atoms with van der Waals surface area (Å²) in [6.07, 6.45) is 2.21. The van der Waals surface area contributed by atoms with Crippen molar-refractivity contribution in [3.05, 3.63) is 90.6 Å². The van der Waals surface area contributed by atoms with Crippen LogP contribution in [-0.2, 0) is 15.5 Å². The van der Waals surface area contributed by atoms with Gasteiger partial charge in [-0.1, -0.05) is 43.3 Å². The molecule has 0 saturated carbocycles. The molecule has 0 bridgehead atoms. The van der Waals surface area contributed by atoms with Crippen molar-refractivity contribution in [1.29, 1.82) is 0 Å². The lowest BCUT2D eigenvalue weighted by molar-refractivity contribution is -0.117. The Bertz CT molecular complexity index is 1450. The van der Waals surface area contributed by atoms with E-state index in [4.69, 9.17) is 0 Å². The van der Waals surface area contributed by atoms with E-state index in [1.54, 1.807) is 26.0 Å². The normalized spacial score (nSPS) is 12.8. The van der Waals surface area contributed by atoms with Crippen LogP contribution >= 0.6 is 0 Å². The molecule has 0 fully saturated rings. The first kappa shape index (κ1) is 25.8. The number of aromatic nitrogens is 1. The zero-order chi connectivity index (χ0) is 26.6. The number of carbonyl (C=O) groups excluding carboxylic acids is 2. The molecular formula is C29H28F2N4O2. The average molecular weight is 503 g/mol. The van der Waals surface area contributed by atoms with E-state index in [1.165, 1.54) is 30.1 Å². The summed E-state index contributed by atoms with van der Waals surface area (Å²) in [4.78, 5) is 24.8. The van der Waals surface area contributed by atoms with Gasteiger partial charge in [-0.3, -0.25) is 9.59 Å². The summed E-state index contributed by atoms with van der Waals surface area (Å²) < 4.78 is 30.1. The predicted molar refractivity (Wildman–Crippen MR) is 143 cm³/mol. The SMILES string of the molecule is CCC(F)(F)c1cccc(NC(=O)C(C)/C(C)=N\N(C=O)c2ccc3ccn(-c4ccccc4)c3c2)c1. The lowest BCUT2D eigenvalue weighted by Gasteiger charge is -2.18. The van der Waals surface area contributed by atoms with Crippen LogP contribution in [0, 0.1) is 5.92 Å². The largest absolute Gasteiger partial charge is 0.326 e. The van der Waals surface area contributed by atoms with E-state index in [1.807, 2.05) is 59.3 Å². The van der Waals surface area contributed by atoms with Crippen molar-refractivity contribution in [3.8, 4) is 5.69 Å². The van der Waals surface area contributed by atoms with Crippen molar-refractivity contribution >= 4 is 40.3 Å². The Balaban J connectivity index is 1.55. The summed E-state index contributed by atoms with van der Waals surface area (Å²) in [5, 5.41) is 9.24. The Kier molecular flexibility index (Phi) is 7.47. The average Bonchev–Trinajstić information content (AvgIpc) is 3.35. The van der Waals surface area contributed by atoms with Crippen LogP contribution in [0.25, 0.3) is 16.6 Å². The first-order valence-electron chi connectivity index (χ1n) is 12.0. The number of benzene rings is 3. The Hall–Kier alpha value is -4.33. The molecule has 0 saturated heterocycles. The van der Waals surface area contributed by atoms with Crippen LogP contribution in [-0.4, -0.2) is 22.6 Å². The van der Waals surface area contributed by atoms with Crippen LogP contribution in [0.2, 0.25) is 0 Å². The lowest BCUT2D eigenvalue weighted by Crippen LogP contribution is -2.28. The highest BCUT2D eigenvalue weighted by Gasteiger charge is 2.29. The molecule has 8 heteroatoms. The summed E-state index contributed by atoms with van der Waals surface area (Å²) in [6.45, 7) is 4.70. The van der Waals surface area contributed by atoms with E-state index in [0.29, 0.717) is 17.8 Å². The minimum atomic E-state index is -2.98. The highest BCUT2D eigenvalue weighted by molar-refractivity contribution is 6.08. The topological polar surface area (TPSA) is 66.7 Å². The zero-order valence-electron chi connectivity index (χ0n) is 20.9. The number of fused-ring (bicyclic) bond motifs is 1. The molecule has 0 aliphatic rings. The van der Waals surface area contributed by atoms with Crippen LogP contribution in [0.15, 0.2) is 90.2 Å². The van der Waals surface area contributed by atoms with Gasteiger partial charge in [0, 0.05) is 40.7 Å². The number of nitrogens with one attached hydrogen (secondary N) is 1. The van der Waals surface area contributed by atoms with Gasteiger partial charge >= 0.3 is 0 Å². The van der Waals surface area contributed by atoms with Gasteiger partial charge in [0.1, 0.15) is 0 Å². The number of carbonyl (C=O) groups is 2. The maximum absolute atomic E-state index is 14.1. The van der Waals surface area contributed by atoms with Gasteiger partial charge in [0.05, 0.1) is 17.1 Å². The fourth-order valence-corrected chi connectivity index (χ4v) is 3.94. The van der Waals surface area contributed by atoms with Crippen molar-refractivity contribution in [2.45, 2.75) is 33.1 Å². The summed E-state index contributed by atoms with van der Waals surface area (Å²) in [5.41, 5.74) is 2.93. The highest BCUT2D eigenvalue weighted by Crippen LogP contribution is 2.32. The van der Waals surface area contributed by atoms with E-state index >= 15 is 0 Å². The third kappa shape index (κ3) is 5.58. The van der Waals surface area contributed by atoms with Crippen molar-refractivity contribution in [2.75, 3.05) is 10.3 Å². The summed E-state index contributed by atoms with van der Waals surface area (Å²) in [6, 6.07) is 23.0. The highest BCUT2D eigenvalue weighted by atomic mass is 19.3. The first-order valence-corrected chi connectivity index (χ1v) is 12.0. The monoisotopic (exact) mass is 502 g/mol. The standard InChI is InChI=1S/C29H28F2N4O2/c1-4-29(30,31)23-9-8-10-24(17-23)32-28(37)20(2)21(3)33-35(19-36)26-14-13-22-15-16-34(27(22)18-26)25-11-6-5-7-12-25/h5-20H,4H2,1-3H3,(H,32,37)/b33-21-. The second-order valence-corrected chi connectivity index (χ2v) is 8.81. The molecule has 1 heterocycles. The Morgan fingerprint density at radius 2 is 1.84 bits per heavy atom. The zero-order valence-corrected chi connectivity index (χ0v) is 20.9. The molecule has 1 unspecified atom stereocenters. The van der Waals surface area contributed by atoms with Gasteiger partial charge in [-0.05, 0) is 56.3 Å². The lowest BCUT2D eigenvalue weighted by atomic mass is 10.0. The van der Waals surface area contributed by atoms with Gasteiger partial charge in [-0.15, -0.1) is 0 Å². The molecule has 1 aromatic heterocycles. The maximum Gasteiger partial charge on any atom is 0.273 e. The Morgan fingerprint density at radius 1 is 1.08 bits per heavy atom. The van der Waals surface area contributed by atoms with Crippen LogP contribution in [0.4, 0.5) is 20.2 Å². The quantitative estimate of drug-likeness (QED) is 0.156. The van der Waals surface area contributed by atoms with E-state index in [0.717, 1.165) is 16.6 Å². The molecule has 4 aromatic rings. The molecule has 0 aliphatic carbocycles. The van der Waals surface area contributed by atoms with Gasteiger partial charge in [0.15, 0.2) is 0 Å². The molecule has 6 nitrogen and oxygen atoms in total. The van der Waals surface area contributed by atoms with E-state index < -0.39 is 17.7 Å². The fraction of sp³-hybridized carbons (Fsp3) is 0.207. The van der Waals surface area contributed by atoms with E-state index in [-0.39, 0.29) is 17.7 Å². The molecule has 1 N–H and O–H groups in total. The fourth-order valence-electron chi connectivity index (χ4n) is 3.94. The maximum atomic E-state index is 14.1. The van der Waals surface area contributed by atoms with Crippen molar-refractivity contribution in [3.63, 3.8) is 0 Å². The minimum absolute atomic E-state index is 0.159. The summed E-state index contributed by atoms with van der Waals surface area (Å²) in [5.74, 6) is -4.11. The van der Waals surface area contributed by atoms with E-state index in [9.17, 15) is 18.4 Å². The molecule has 0 aliphatic heterocycles. The number of hydrogen-bond donors (Lipinski definition) is 1. The third-order valence-electron chi connectivity index (χ3n) is 6.36. The van der Waals surface area contributed by atoms with Crippen LogP contribution < -0.4 is 10.3 Å². The Morgan fingerprint density at radius 3 is 2.54 bits per heavy atom. The predicted octanol–water partition coefficient (Wildman–Crippen LogP) is 6.75. The second-order valence-electron chi connectivity index (χ2n) is 8.81. The van der Waals surface area contributed by atoms with Crippen LogP contribution in [0.3, 0.4) is 0 Å². The number of hydrazone groups is 1. The number of halogens is 2. The minimum Gasteiger partial charge on any atom is -0.326 e. The summed E-state index contributed by atoms with van der Waals surface area (Å²) in [7, 11) is 0. The number of rotatable bonds is 9. The second kappa shape index (κ2) is 10.7. The number of nitrogens with zero attached hydrogens (tertiary/aromatic N) is 3. The molecule has 2 amide bonds. The number of amides is 2.